The third kappa shape index (κ3) is 6.76. The summed E-state index contributed by atoms with van der Waals surface area (Å²) in [6, 6.07) is 14.5. The zero-order valence-corrected chi connectivity index (χ0v) is 16.6. The van der Waals surface area contributed by atoms with E-state index in [9.17, 15) is 14.4 Å². The summed E-state index contributed by atoms with van der Waals surface area (Å²) < 4.78 is 5.24. The topological polar surface area (TPSA) is 109 Å². The van der Waals surface area contributed by atoms with Gasteiger partial charge in [0.2, 0.25) is 5.91 Å². The average molecular weight is 396 g/mol. The van der Waals surface area contributed by atoms with Crippen LogP contribution in [0.3, 0.4) is 0 Å². The van der Waals surface area contributed by atoms with Gasteiger partial charge in [-0.1, -0.05) is 36.4 Å². The van der Waals surface area contributed by atoms with Gasteiger partial charge >= 0.3 is 11.8 Å². The van der Waals surface area contributed by atoms with Crippen molar-refractivity contribution < 1.29 is 19.1 Å². The van der Waals surface area contributed by atoms with Crippen LogP contribution in [0.1, 0.15) is 24.5 Å². The minimum Gasteiger partial charge on any atom is -0.496 e. The van der Waals surface area contributed by atoms with Crippen LogP contribution < -0.4 is 20.8 Å². The highest BCUT2D eigenvalue weighted by molar-refractivity contribution is 6.39. The highest BCUT2D eigenvalue weighted by atomic mass is 16.5. The summed E-state index contributed by atoms with van der Waals surface area (Å²) in [7, 11) is 1.56. The number of methoxy groups -OCH3 is 1. The third-order valence-electron chi connectivity index (χ3n) is 4.03. The number of hydrogen-bond acceptors (Lipinski definition) is 5. The largest absolute Gasteiger partial charge is 0.496 e. The second-order valence-electron chi connectivity index (χ2n) is 6.32. The van der Waals surface area contributed by atoms with Gasteiger partial charge in [-0.2, -0.15) is 5.10 Å². The lowest BCUT2D eigenvalue weighted by molar-refractivity contribution is -0.136. The number of ether oxygens (including phenoxy) is 1. The molecule has 0 radical (unpaired) electrons. The third-order valence-corrected chi connectivity index (χ3v) is 4.03. The van der Waals surface area contributed by atoms with Crippen LogP contribution in [0.25, 0.3) is 0 Å². The van der Waals surface area contributed by atoms with Crippen LogP contribution in [0.15, 0.2) is 53.6 Å². The summed E-state index contributed by atoms with van der Waals surface area (Å²) in [4.78, 5) is 35.9. The fourth-order valence-electron chi connectivity index (χ4n) is 2.47. The second kappa shape index (κ2) is 10.6. The van der Waals surface area contributed by atoms with Gasteiger partial charge in [-0.25, -0.2) is 5.43 Å². The van der Waals surface area contributed by atoms with Crippen LogP contribution in [-0.2, 0) is 20.9 Å². The molecule has 0 aliphatic heterocycles. The first kappa shape index (κ1) is 21.6. The number of benzene rings is 2. The smallest absolute Gasteiger partial charge is 0.329 e. The summed E-state index contributed by atoms with van der Waals surface area (Å²) >= 11 is 0. The van der Waals surface area contributed by atoms with E-state index in [4.69, 9.17) is 4.74 Å². The highest BCUT2D eigenvalue weighted by Crippen LogP contribution is 2.16. The van der Waals surface area contributed by atoms with Crippen LogP contribution in [0, 0.1) is 6.92 Å². The van der Waals surface area contributed by atoms with E-state index in [0.29, 0.717) is 23.7 Å². The molecule has 0 spiro atoms. The Labute approximate surface area is 169 Å². The van der Waals surface area contributed by atoms with Gasteiger partial charge in [-0.05, 0) is 31.5 Å². The maximum absolute atomic E-state index is 12.1. The molecule has 0 saturated carbocycles. The minimum atomic E-state index is -0.915. The zero-order valence-electron chi connectivity index (χ0n) is 16.6. The van der Waals surface area contributed by atoms with Gasteiger partial charge in [0.05, 0.1) is 13.5 Å². The van der Waals surface area contributed by atoms with Crippen molar-refractivity contribution in [2.75, 3.05) is 12.4 Å². The molecule has 2 aromatic carbocycles. The van der Waals surface area contributed by atoms with Crippen LogP contribution in [-0.4, -0.2) is 30.5 Å². The van der Waals surface area contributed by atoms with E-state index >= 15 is 0 Å². The lowest BCUT2D eigenvalue weighted by Crippen LogP contribution is -2.33. The number of hydrazone groups is 1. The van der Waals surface area contributed by atoms with Crippen molar-refractivity contribution >= 4 is 29.1 Å². The number of para-hydroxylation sites is 2. The van der Waals surface area contributed by atoms with Gasteiger partial charge in [0.25, 0.3) is 0 Å². The Hall–Kier alpha value is -3.68. The van der Waals surface area contributed by atoms with Crippen LogP contribution in [0.4, 0.5) is 5.69 Å². The van der Waals surface area contributed by atoms with E-state index < -0.39 is 11.8 Å². The van der Waals surface area contributed by atoms with E-state index in [-0.39, 0.29) is 12.3 Å². The van der Waals surface area contributed by atoms with Crippen molar-refractivity contribution in [3.05, 3.63) is 59.7 Å². The van der Waals surface area contributed by atoms with E-state index in [1.807, 2.05) is 43.3 Å². The van der Waals surface area contributed by atoms with Gasteiger partial charge in [0.1, 0.15) is 5.75 Å². The number of carbonyl (C=O) groups is 3. The van der Waals surface area contributed by atoms with E-state index in [0.717, 1.165) is 11.1 Å². The summed E-state index contributed by atoms with van der Waals surface area (Å²) in [5, 5.41) is 9.08. The number of aryl methyl sites for hydroxylation is 1. The van der Waals surface area contributed by atoms with Gasteiger partial charge in [-0.3, -0.25) is 14.4 Å². The van der Waals surface area contributed by atoms with Crippen molar-refractivity contribution in [1.82, 2.24) is 10.7 Å². The molecule has 0 bridgehead atoms. The molecule has 0 saturated heterocycles. The molecule has 3 amide bonds. The monoisotopic (exact) mass is 396 g/mol. The Balaban J connectivity index is 1.81. The average Bonchev–Trinajstić information content (AvgIpc) is 2.72. The van der Waals surface area contributed by atoms with Gasteiger partial charge in [-0.15, -0.1) is 0 Å². The molecule has 29 heavy (non-hydrogen) atoms. The van der Waals surface area contributed by atoms with Crippen LogP contribution in [0.5, 0.6) is 5.75 Å². The number of anilines is 1. The molecule has 2 aromatic rings. The minimum absolute atomic E-state index is 0.0190. The zero-order chi connectivity index (χ0) is 21.2. The van der Waals surface area contributed by atoms with E-state index in [2.05, 4.69) is 21.2 Å². The summed E-state index contributed by atoms with van der Waals surface area (Å²) in [5.74, 6) is -1.33. The van der Waals surface area contributed by atoms with Gasteiger partial charge in [0.15, 0.2) is 0 Å². The molecule has 8 nitrogen and oxygen atoms in total. The molecule has 0 atom stereocenters. The van der Waals surface area contributed by atoms with Crippen LogP contribution in [0.2, 0.25) is 0 Å². The number of carbonyl (C=O) groups excluding carboxylic acids is 3. The molecule has 0 aliphatic carbocycles. The Morgan fingerprint density at radius 2 is 1.69 bits per heavy atom. The lowest BCUT2D eigenvalue weighted by Gasteiger charge is -2.09. The maximum Gasteiger partial charge on any atom is 0.329 e. The molecule has 3 N–H and O–H groups in total. The van der Waals surface area contributed by atoms with Gasteiger partial charge in [0, 0.05) is 23.5 Å². The predicted molar refractivity (Wildman–Crippen MR) is 111 cm³/mol. The first-order chi connectivity index (χ1) is 13.9. The number of nitrogens with zero attached hydrogens (tertiary/aromatic N) is 1. The summed E-state index contributed by atoms with van der Waals surface area (Å²) in [6.45, 7) is 3.71. The molecular weight excluding hydrogens is 372 g/mol. The molecule has 0 fully saturated rings. The standard InChI is InChI=1S/C21H24N4O4/c1-14-8-4-6-10-17(14)23-20(27)21(28)25-24-15(2)12-19(26)22-13-16-9-5-7-11-18(16)29-3/h4-11H,12-13H2,1-3H3,(H,22,26)(H,23,27)(H,25,28)/b24-15-. The fourth-order valence-corrected chi connectivity index (χ4v) is 2.47. The number of amides is 3. The summed E-state index contributed by atoms with van der Waals surface area (Å²) in [5.41, 5.74) is 4.74. The van der Waals surface area contributed by atoms with E-state index in [1.54, 1.807) is 26.2 Å². The second-order valence-corrected chi connectivity index (χ2v) is 6.32. The van der Waals surface area contributed by atoms with E-state index in [1.165, 1.54) is 0 Å². The normalized spacial score (nSPS) is 10.8. The first-order valence-electron chi connectivity index (χ1n) is 8.99. The van der Waals surface area contributed by atoms with Crippen molar-refractivity contribution in [2.24, 2.45) is 5.10 Å². The van der Waals surface area contributed by atoms with Crippen molar-refractivity contribution in [1.29, 1.82) is 0 Å². The lowest BCUT2D eigenvalue weighted by atomic mass is 10.2. The fraction of sp³-hybridized carbons (Fsp3) is 0.238. The van der Waals surface area contributed by atoms with Crippen molar-refractivity contribution in [3.8, 4) is 5.75 Å². The Morgan fingerprint density at radius 3 is 2.41 bits per heavy atom. The molecule has 2 rings (SSSR count). The Kier molecular flexibility index (Phi) is 7.90. The maximum atomic E-state index is 12.1. The Morgan fingerprint density at radius 1 is 1.00 bits per heavy atom. The molecule has 8 heteroatoms. The SMILES string of the molecule is COc1ccccc1CNC(=O)C/C(C)=N\NC(=O)C(=O)Nc1ccccc1C. The first-order valence-corrected chi connectivity index (χ1v) is 8.99. The number of hydrogen-bond donors (Lipinski definition) is 3. The van der Waals surface area contributed by atoms with Gasteiger partial charge < -0.3 is 15.4 Å². The molecule has 0 heterocycles. The molecule has 0 aliphatic rings. The molecular formula is C21H24N4O4. The predicted octanol–water partition coefficient (Wildman–Crippen LogP) is 2.14. The summed E-state index contributed by atoms with van der Waals surface area (Å²) in [6.07, 6.45) is -0.0190. The van der Waals surface area contributed by atoms with Crippen molar-refractivity contribution in [2.45, 2.75) is 26.8 Å². The molecule has 152 valence electrons. The Bertz CT molecular complexity index is 924. The molecule has 0 unspecified atom stereocenters. The number of nitrogens with one attached hydrogen (secondary N) is 3. The van der Waals surface area contributed by atoms with Crippen molar-refractivity contribution in [3.63, 3.8) is 0 Å². The quantitative estimate of drug-likeness (QED) is 0.378. The van der Waals surface area contributed by atoms with Crippen LogP contribution >= 0.6 is 0 Å². The molecule has 0 aromatic heterocycles. The highest BCUT2D eigenvalue weighted by Gasteiger charge is 2.14. The number of rotatable bonds is 7.